The number of nitrogens with zero attached hydrogens (tertiary/aromatic N) is 1. The Bertz CT molecular complexity index is 1440. The van der Waals surface area contributed by atoms with Crippen LogP contribution in [0.15, 0.2) is 71.5 Å². The maximum absolute atomic E-state index is 12.8. The lowest BCUT2D eigenvalue weighted by Crippen LogP contribution is -2.23. The quantitative estimate of drug-likeness (QED) is 0.457. The van der Waals surface area contributed by atoms with Gasteiger partial charge >= 0.3 is 0 Å². The number of nitrogens with one attached hydrogen (secondary N) is 2. The number of rotatable bonds is 5. The summed E-state index contributed by atoms with van der Waals surface area (Å²) in [6.07, 6.45) is 0. The molecule has 3 aromatic carbocycles. The van der Waals surface area contributed by atoms with Crippen LogP contribution in [0.5, 0.6) is 11.5 Å². The van der Waals surface area contributed by atoms with E-state index in [4.69, 9.17) is 21.7 Å². The third-order valence-corrected chi connectivity index (χ3v) is 5.66. The van der Waals surface area contributed by atoms with Gasteiger partial charge in [-0.3, -0.25) is 14.2 Å². The first-order chi connectivity index (χ1) is 15.6. The number of amides is 1. The summed E-state index contributed by atoms with van der Waals surface area (Å²) in [5.74, 6) is 1.21. The monoisotopic (exact) mass is 445 g/mol. The molecule has 1 amide bonds. The van der Waals surface area contributed by atoms with Gasteiger partial charge in [0.15, 0.2) is 16.3 Å². The van der Waals surface area contributed by atoms with Crippen molar-refractivity contribution in [3.63, 3.8) is 0 Å². The van der Waals surface area contributed by atoms with E-state index in [1.807, 2.05) is 48.5 Å². The second-order valence-corrected chi connectivity index (χ2v) is 7.82. The summed E-state index contributed by atoms with van der Waals surface area (Å²) >= 11 is 5.37. The van der Waals surface area contributed by atoms with Gasteiger partial charge in [0, 0.05) is 12.1 Å². The van der Waals surface area contributed by atoms with Crippen LogP contribution < -0.4 is 20.3 Å². The maximum Gasteiger partial charge on any atom is 0.262 e. The average Bonchev–Trinajstić information content (AvgIpc) is 3.28. The second-order valence-electron chi connectivity index (χ2n) is 7.43. The van der Waals surface area contributed by atoms with Crippen molar-refractivity contribution in [3.8, 4) is 11.5 Å². The molecule has 160 valence electrons. The first-order valence-corrected chi connectivity index (χ1v) is 10.5. The van der Waals surface area contributed by atoms with Gasteiger partial charge in [0.05, 0.1) is 17.4 Å². The number of ether oxygens (including phenoxy) is 2. The summed E-state index contributed by atoms with van der Waals surface area (Å²) in [7, 11) is 0. The minimum absolute atomic E-state index is 0.144. The molecule has 0 bridgehead atoms. The molecule has 4 aromatic rings. The number of hydrogen-bond acceptors (Lipinski definition) is 5. The highest BCUT2D eigenvalue weighted by molar-refractivity contribution is 7.71. The second kappa shape index (κ2) is 8.32. The van der Waals surface area contributed by atoms with E-state index in [9.17, 15) is 9.59 Å². The zero-order valence-electron chi connectivity index (χ0n) is 17.0. The first-order valence-electron chi connectivity index (χ1n) is 10.1. The van der Waals surface area contributed by atoms with Crippen LogP contribution in [0, 0.1) is 4.77 Å². The molecule has 0 saturated carbocycles. The van der Waals surface area contributed by atoms with E-state index in [1.165, 1.54) is 4.57 Å². The van der Waals surface area contributed by atoms with Crippen molar-refractivity contribution in [1.82, 2.24) is 14.9 Å². The van der Waals surface area contributed by atoms with Crippen molar-refractivity contribution in [2.24, 2.45) is 0 Å². The Morgan fingerprint density at radius 3 is 2.59 bits per heavy atom. The lowest BCUT2D eigenvalue weighted by Gasteiger charge is -2.10. The van der Waals surface area contributed by atoms with Gasteiger partial charge in [-0.15, -0.1) is 0 Å². The van der Waals surface area contributed by atoms with Crippen molar-refractivity contribution in [1.29, 1.82) is 0 Å². The fourth-order valence-electron chi connectivity index (χ4n) is 3.62. The minimum atomic E-state index is -0.186. The Morgan fingerprint density at radius 2 is 1.75 bits per heavy atom. The fraction of sp³-hybridized carbons (Fsp3) is 0.125. The number of H-pyrrole nitrogens is 1. The molecule has 0 spiro atoms. The van der Waals surface area contributed by atoms with Crippen LogP contribution in [0.25, 0.3) is 10.9 Å². The van der Waals surface area contributed by atoms with Gasteiger partial charge in [-0.2, -0.15) is 0 Å². The van der Waals surface area contributed by atoms with Crippen molar-refractivity contribution in [2.75, 3.05) is 6.79 Å². The Hall–Kier alpha value is -3.91. The summed E-state index contributed by atoms with van der Waals surface area (Å²) in [6, 6.07) is 20.0. The first kappa shape index (κ1) is 20.0. The van der Waals surface area contributed by atoms with E-state index in [1.54, 1.807) is 18.2 Å². The SMILES string of the molecule is O=C(NCc1ccc2c(c1)OCO2)c1ccc(Cn2c(=S)[nH]c3ccccc3c2=O)cc1. The molecule has 0 saturated heterocycles. The predicted octanol–water partition coefficient (Wildman–Crippen LogP) is 3.77. The van der Waals surface area contributed by atoms with Crippen LogP contribution in [0.3, 0.4) is 0 Å². The molecule has 8 heteroatoms. The van der Waals surface area contributed by atoms with Crippen molar-refractivity contribution < 1.29 is 14.3 Å². The molecule has 0 aliphatic carbocycles. The van der Waals surface area contributed by atoms with E-state index in [0.29, 0.717) is 45.8 Å². The van der Waals surface area contributed by atoms with Crippen LogP contribution >= 0.6 is 12.2 Å². The van der Waals surface area contributed by atoms with Gasteiger partial charge in [0.2, 0.25) is 6.79 Å². The normalized spacial score (nSPS) is 12.1. The van der Waals surface area contributed by atoms with Gasteiger partial charge in [0.1, 0.15) is 0 Å². The van der Waals surface area contributed by atoms with Crippen molar-refractivity contribution in [3.05, 3.63) is 98.5 Å². The summed E-state index contributed by atoms with van der Waals surface area (Å²) in [5, 5.41) is 3.49. The number of para-hydroxylation sites is 1. The van der Waals surface area contributed by atoms with Crippen LogP contribution in [0.1, 0.15) is 21.5 Å². The van der Waals surface area contributed by atoms with Crippen LogP contribution in [0.2, 0.25) is 0 Å². The topological polar surface area (TPSA) is 85.3 Å². The summed E-state index contributed by atoms with van der Waals surface area (Å²) in [5.41, 5.74) is 2.90. The van der Waals surface area contributed by atoms with Crippen LogP contribution in [0.4, 0.5) is 0 Å². The average molecular weight is 446 g/mol. The molecule has 7 nitrogen and oxygen atoms in total. The third-order valence-electron chi connectivity index (χ3n) is 5.34. The highest BCUT2D eigenvalue weighted by Crippen LogP contribution is 2.32. The largest absolute Gasteiger partial charge is 0.454 e. The molecule has 1 aliphatic heterocycles. The number of carbonyl (C=O) groups is 1. The maximum atomic E-state index is 12.8. The number of hydrogen-bond donors (Lipinski definition) is 2. The number of aromatic nitrogens is 2. The molecular weight excluding hydrogens is 426 g/mol. The Morgan fingerprint density at radius 1 is 1.00 bits per heavy atom. The molecular formula is C24H19N3O4S. The Balaban J connectivity index is 1.28. The molecule has 32 heavy (non-hydrogen) atoms. The van der Waals surface area contributed by atoms with Crippen molar-refractivity contribution in [2.45, 2.75) is 13.1 Å². The number of benzene rings is 3. The zero-order valence-corrected chi connectivity index (χ0v) is 17.8. The van der Waals surface area contributed by atoms with E-state index in [2.05, 4.69) is 10.3 Å². The van der Waals surface area contributed by atoms with Gasteiger partial charge < -0.3 is 19.8 Å². The lowest BCUT2D eigenvalue weighted by molar-refractivity contribution is 0.0951. The number of aromatic amines is 1. The summed E-state index contributed by atoms with van der Waals surface area (Å²) in [6.45, 7) is 0.908. The van der Waals surface area contributed by atoms with Crippen LogP contribution in [-0.2, 0) is 13.1 Å². The number of carbonyl (C=O) groups excluding carboxylic acids is 1. The van der Waals surface area contributed by atoms with Gasteiger partial charge in [0.25, 0.3) is 11.5 Å². The van der Waals surface area contributed by atoms with E-state index in [-0.39, 0.29) is 18.3 Å². The minimum Gasteiger partial charge on any atom is -0.454 e. The lowest BCUT2D eigenvalue weighted by atomic mass is 10.1. The van der Waals surface area contributed by atoms with Gasteiger partial charge in [-0.05, 0) is 59.7 Å². The Labute approximate surface area is 188 Å². The summed E-state index contributed by atoms with van der Waals surface area (Å²) < 4.78 is 12.5. The highest BCUT2D eigenvalue weighted by Gasteiger charge is 2.14. The van der Waals surface area contributed by atoms with E-state index in [0.717, 1.165) is 11.1 Å². The zero-order chi connectivity index (χ0) is 22.1. The van der Waals surface area contributed by atoms with Crippen molar-refractivity contribution >= 4 is 29.0 Å². The highest BCUT2D eigenvalue weighted by atomic mass is 32.1. The molecule has 2 heterocycles. The predicted molar refractivity (Wildman–Crippen MR) is 123 cm³/mol. The molecule has 5 rings (SSSR count). The third kappa shape index (κ3) is 3.88. The van der Waals surface area contributed by atoms with E-state index < -0.39 is 0 Å². The van der Waals surface area contributed by atoms with E-state index >= 15 is 0 Å². The molecule has 0 unspecified atom stereocenters. The summed E-state index contributed by atoms with van der Waals surface area (Å²) in [4.78, 5) is 28.4. The van der Waals surface area contributed by atoms with Crippen LogP contribution in [-0.4, -0.2) is 22.3 Å². The molecule has 1 aliphatic rings. The van der Waals surface area contributed by atoms with Gasteiger partial charge in [-0.1, -0.05) is 30.3 Å². The molecule has 2 N–H and O–H groups in total. The Kier molecular flexibility index (Phi) is 5.20. The molecule has 0 fully saturated rings. The molecule has 0 radical (unpaired) electrons. The van der Waals surface area contributed by atoms with Gasteiger partial charge in [-0.25, -0.2) is 0 Å². The molecule has 0 atom stereocenters. The number of fused-ring (bicyclic) bond motifs is 2. The fourth-order valence-corrected chi connectivity index (χ4v) is 3.88. The smallest absolute Gasteiger partial charge is 0.262 e. The molecule has 1 aromatic heterocycles. The standard InChI is InChI=1S/C24H19N3O4S/c28-22(25-12-16-7-10-20-21(11-16)31-14-30-20)17-8-5-15(6-9-17)13-27-23(29)18-3-1-2-4-19(18)26-24(27)32/h1-11H,12-14H2,(H,25,28)(H,26,32).